The number of carbonyl (C=O) groups is 1. The van der Waals surface area contributed by atoms with Gasteiger partial charge in [0.2, 0.25) is 0 Å². The number of hydrogen-bond donors (Lipinski definition) is 1. The van der Waals surface area contributed by atoms with Crippen molar-refractivity contribution in [3.05, 3.63) is 70.5 Å². The summed E-state index contributed by atoms with van der Waals surface area (Å²) in [6.45, 7) is 1.58. The Morgan fingerprint density at radius 3 is 2.41 bits per heavy atom. The van der Waals surface area contributed by atoms with Crippen LogP contribution in [0.15, 0.2) is 52.8 Å². The van der Waals surface area contributed by atoms with E-state index in [1.165, 1.54) is 26.3 Å². The molecule has 2 rings (SSSR count). The molecule has 0 aromatic heterocycles. The predicted molar refractivity (Wildman–Crippen MR) is 103 cm³/mol. The number of amides is 1. The summed E-state index contributed by atoms with van der Waals surface area (Å²) in [7, 11) is 2.75. The fraction of sp³-hybridized carbons (Fsp3) is 0.250. The number of benzene rings is 2. The van der Waals surface area contributed by atoms with Gasteiger partial charge in [-0.05, 0) is 36.8 Å². The van der Waals surface area contributed by atoms with Gasteiger partial charge in [-0.1, -0.05) is 28.5 Å². The van der Waals surface area contributed by atoms with Gasteiger partial charge in [0.15, 0.2) is 11.4 Å². The molecule has 0 heterocycles. The highest BCUT2D eigenvalue weighted by Gasteiger charge is 2.20. The first kappa shape index (κ1) is 21.9. The van der Waals surface area contributed by atoms with Crippen LogP contribution in [0.5, 0.6) is 0 Å². The van der Waals surface area contributed by atoms with Crippen LogP contribution in [0.2, 0.25) is 0 Å². The summed E-state index contributed by atoms with van der Waals surface area (Å²) < 4.78 is 39.7. The molecule has 6 nitrogen and oxygen atoms in total. The summed E-state index contributed by atoms with van der Waals surface area (Å²) in [5, 5.41) is 9.76. The van der Waals surface area contributed by atoms with Crippen LogP contribution in [0.1, 0.15) is 22.3 Å². The minimum absolute atomic E-state index is 0.00824. The molecule has 0 saturated heterocycles. The molecule has 0 fully saturated rings. The van der Waals surface area contributed by atoms with Crippen LogP contribution in [0.25, 0.3) is 0 Å². The average Bonchev–Trinajstić information content (AvgIpc) is 2.70. The van der Waals surface area contributed by atoms with E-state index in [-0.39, 0.29) is 17.9 Å². The largest absolute Gasteiger partial charge is 0.398 e. The molecule has 0 spiro atoms. The Balaban J connectivity index is 2.34. The number of likely N-dealkylation sites (N-methyl/N-ethyl adjacent to an activating group) is 1. The van der Waals surface area contributed by atoms with E-state index < -0.39 is 23.9 Å². The molecule has 0 radical (unpaired) electrons. The zero-order valence-corrected chi connectivity index (χ0v) is 16.1. The molecule has 0 unspecified atom stereocenters. The van der Waals surface area contributed by atoms with Gasteiger partial charge in [0.25, 0.3) is 12.3 Å². The normalized spacial score (nSPS) is 12.1. The van der Waals surface area contributed by atoms with E-state index in [1.807, 2.05) is 0 Å². The van der Waals surface area contributed by atoms with Gasteiger partial charge in [0.05, 0.1) is 0 Å². The minimum atomic E-state index is -2.92. The van der Waals surface area contributed by atoms with Crippen molar-refractivity contribution in [2.24, 2.45) is 10.3 Å². The third-order valence-corrected chi connectivity index (χ3v) is 4.01. The Hall–Kier alpha value is -3.36. The van der Waals surface area contributed by atoms with Crippen LogP contribution in [0.3, 0.4) is 0 Å². The SMILES string of the molecule is CNC(=O)/C(=N/OC)c1cccc(C)c1CO/N=C(/c1ccc(F)cc1)C(F)F. The third kappa shape index (κ3) is 5.56. The smallest absolute Gasteiger partial charge is 0.284 e. The molecule has 1 amide bonds. The highest BCUT2D eigenvalue weighted by atomic mass is 19.3. The molecule has 0 aliphatic rings. The second kappa shape index (κ2) is 10.3. The second-order valence-corrected chi connectivity index (χ2v) is 5.86. The number of aryl methyl sites for hydroxylation is 1. The predicted octanol–water partition coefficient (Wildman–Crippen LogP) is 3.42. The van der Waals surface area contributed by atoms with Crippen LogP contribution in [-0.4, -0.2) is 37.9 Å². The third-order valence-electron chi connectivity index (χ3n) is 4.01. The summed E-state index contributed by atoms with van der Waals surface area (Å²) in [6, 6.07) is 9.63. The van der Waals surface area contributed by atoms with Crippen molar-refractivity contribution in [1.82, 2.24) is 5.32 Å². The Labute approximate surface area is 166 Å². The Bertz CT molecular complexity index is 913. The van der Waals surface area contributed by atoms with Crippen molar-refractivity contribution in [2.45, 2.75) is 20.0 Å². The molecular weight excluding hydrogens is 387 g/mol. The van der Waals surface area contributed by atoms with Gasteiger partial charge in [0.1, 0.15) is 19.5 Å². The molecule has 0 bridgehead atoms. The fourth-order valence-corrected chi connectivity index (χ4v) is 2.54. The Kier molecular flexibility index (Phi) is 7.76. The standard InChI is InChI=1S/C20H20F3N3O3/c1-12-5-4-6-15(18(25-28-3)20(27)24-2)16(12)11-29-26-17(19(22)23)13-7-9-14(21)10-8-13/h4-10,19H,11H2,1-3H3,(H,24,27)/b25-18+,26-17-. The molecule has 2 aromatic carbocycles. The van der Waals surface area contributed by atoms with Gasteiger partial charge in [-0.2, -0.15) is 0 Å². The number of carbonyl (C=O) groups excluding carboxylic acids is 1. The molecule has 0 aliphatic heterocycles. The second-order valence-electron chi connectivity index (χ2n) is 5.86. The summed E-state index contributed by atoms with van der Waals surface area (Å²) in [5.41, 5.74) is 1.11. The van der Waals surface area contributed by atoms with Crippen LogP contribution < -0.4 is 5.32 Å². The van der Waals surface area contributed by atoms with Crippen LogP contribution >= 0.6 is 0 Å². The molecule has 0 saturated carbocycles. The quantitative estimate of drug-likeness (QED) is 0.538. The molecule has 0 aliphatic carbocycles. The average molecular weight is 407 g/mol. The van der Waals surface area contributed by atoms with E-state index in [2.05, 4.69) is 15.6 Å². The Morgan fingerprint density at radius 2 is 1.83 bits per heavy atom. The number of halogens is 3. The fourth-order valence-electron chi connectivity index (χ4n) is 2.54. The maximum Gasteiger partial charge on any atom is 0.284 e. The molecule has 0 atom stereocenters. The van der Waals surface area contributed by atoms with E-state index in [4.69, 9.17) is 9.68 Å². The maximum atomic E-state index is 13.4. The van der Waals surface area contributed by atoms with Crippen LogP contribution in [0, 0.1) is 12.7 Å². The van der Waals surface area contributed by atoms with Crippen molar-refractivity contribution >= 4 is 17.3 Å². The first-order chi connectivity index (χ1) is 13.9. The van der Waals surface area contributed by atoms with Gasteiger partial charge < -0.3 is 15.0 Å². The molecular formula is C20H20F3N3O3. The Morgan fingerprint density at radius 1 is 1.14 bits per heavy atom. The van der Waals surface area contributed by atoms with Gasteiger partial charge in [-0.15, -0.1) is 0 Å². The van der Waals surface area contributed by atoms with Gasteiger partial charge in [0, 0.05) is 23.7 Å². The first-order valence-electron chi connectivity index (χ1n) is 8.55. The molecule has 1 N–H and O–H groups in total. The van der Waals surface area contributed by atoms with Crippen molar-refractivity contribution in [2.75, 3.05) is 14.2 Å². The lowest BCUT2D eigenvalue weighted by molar-refractivity contribution is -0.114. The first-order valence-corrected chi connectivity index (χ1v) is 8.55. The van der Waals surface area contributed by atoms with Gasteiger partial charge >= 0.3 is 0 Å². The van der Waals surface area contributed by atoms with E-state index in [1.54, 1.807) is 25.1 Å². The summed E-state index contributed by atoms with van der Waals surface area (Å²) in [6.07, 6.45) is -2.92. The lowest BCUT2D eigenvalue weighted by Gasteiger charge is -2.13. The van der Waals surface area contributed by atoms with E-state index in [0.29, 0.717) is 11.1 Å². The summed E-state index contributed by atoms with van der Waals surface area (Å²) in [4.78, 5) is 22.1. The summed E-state index contributed by atoms with van der Waals surface area (Å²) >= 11 is 0. The number of rotatable bonds is 8. The monoisotopic (exact) mass is 407 g/mol. The molecule has 2 aromatic rings. The highest BCUT2D eigenvalue weighted by molar-refractivity contribution is 6.45. The van der Waals surface area contributed by atoms with Crippen molar-refractivity contribution in [1.29, 1.82) is 0 Å². The van der Waals surface area contributed by atoms with Crippen molar-refractivity contribution < 1.29 is 27.6 Å². The van der Waals surface area contributed by atoms with Gasteiger partial charge in [-0.3, -0.25) is 4.79 Å². The van der Waals surface area contributed by atoms with E-state index in [0.717, 1.165) is 17.7 Å². The topological polar surface area (TPSA) is 72.3 Å². The number of hydrogen-bond acceptors (Lipinski definition) is 5. The molecule has 154 valence electrons. The number of nitrogens with zero attached hydrogens (tertiary/aromatic N) is 2. The lowest BCUT2D eigenvalue weighted by Crippen LogP contribution is -2.29. The molecule has 29 heavy (non-hydrogen) atoms. The summed E-state index contributed by atoms with van der Waals surface area (Å²) in [5.74, 6) is -1.03. The van der Waals surface area contributed by atoms with Crippen LogP contribution in [0.4, 0.5) is 13.2 Å². The highest BCUT2D eigenvalue weighted by Crippen LogP contribution is 2.18. The number of nitrogens with one attached hydrogen (secondary N) is 1. The van der Waals surface area contributed by atoms with E-state index in [9.17, 15) is 18.0 Å². The van der Waals surface area contributed by atoms with Crippen molar-refractivity contribution in [3.8, 4) is 0 Å². The van der Waals surface area contributed by atoms with Gasteiger partial charge in [-0.25, -0.2) is 13.2 Å². The number of alkyl halides is 2. The maximum absolute atomic E-state index is 13.4. The van der Waals surface area contributed by atoms with Crippen LogP contribution in [-0.2, 0) is 21.1 Å². The van der Waals surface area contributed by atoms with E-state index >= 15 is 0 Å². The molecule has 9 heteroatoms. The zero-order valence-electron chi connectivity index (χ0n) is 16.1. The zero-order chi connectivity index (χ0) is 21.4. The van der Waals surface area contributed by atoms with Crippen molar-refractivity contribution in [3.63, 3.8) is 0 Å². The lowest BCUT2D eigenvalue weighted by atomic mass is 9.98. The number of oxime groups is 2. The minimum Gasteiger partial charge on any atom is -0.398 e.